The summed E-state index contributed by atoms with van der Waals surface area (Å²) in [4.78, 5) is 15.7. The first-order valence-corrected chi connectivity index (χ1v) is 6.08. The van der Waals surface area contributed by atoms with E-state index in [1.165, 1.54) is 17.0 Å². The molecular weight excluding hydrogens is 247 g/mol. The minimum atomic E-state index is -0.509. The van der Waals surface area contributed by atoms with Crippen LogP contribution in [0.2, 0.25) is 0 Å². The third-order valence-electron chi connectivity index (χ3n) is 3.16. The first kappa shape index (κ1) is 11.7. The fourth-order valence-electron chi connectivity index (χ4n) is 2.17. The number of hydrogen-bond acceptors (Lipinski definition) is 4. The van der Waals surface area contributed by atoms with Crippen molar-refractivity contribution in [2.24, 2.45) is 5.10 Å². The van der Waals surface area contributed by atoms with E-state index in [2.05, 4.69) is 10.5 Å². The van der Waals surface area contributed by atoms with Crippen molar-refractivity contribution in [2.75, 3.05) is 4.90 Å². The predicted octanol–water partition coefficient (Wildman–Crippen LogP) is 1.60. The first-order chi connectivity index (χ1) is 9.20. The van der Waals surface area contributed by atoms with Gasteiger partial charge in [-0.3, -0.25) is 15.1 Å². The van der Waals surface area contributed by atoms with Gasteiger partial charge in [0, 0.05) is 24.5 Å². The number of benzene rings is 1. The molecule has 0 saturated heterocycles. The van der Waals surface area contributed by atoms with Crippen LogP contribution in [0.1, 0.15) is 13.3 Å². The Morgan fingerprint density at radius 2 is 2.05 bits per heavy atom. The Balaban J connectivity index is 1.89. The van der Waals surface area contributed by atoms with Gasteiger partial charge in [0.15, 0.2) is 0 Å². The molecule has 2 heterocycles. The Morgan fingerprint density at radius 1 is 1.32 bits per heavy atom. The maximum absolute atomic E-state index is 12.9. The molecule has 19 heavy (non-hydrogen) atoms. The second-order valence-corrected chi connectivity index (χ2v) is 4.30. The van der Waals surface area contributed by atoms with Gasteiger partial charge in [0.25, 0.3) is 5.91 Å². The van der Waals surface area contributed by atoms with E-state index in [-0.39, 0.29) is 11.7 Å². The van der Waals surface area contributed by atoms with Crippen LogP contribution in [0.25, 0.3) is 0 Å². The standard InChI is InChI=1S/C13H13FN4O/c1-2-11-15-16-12-13(19)17(7-8-18(11)12)10-5-3-9(14)4-6-10/h3-8,12,16H,2H2,1H3. The number of fused-ring (bicyclic) bond motifs is 1. The fraction of sp³-hybridized carbons (Fsp3) is 0.231. The van der Waals surface area contributed by atoms with Gasteiger partial charge in [0.1, 0.15) is 11.7 Å². The Hall–Kier alpha value is -2.37. The molecule has 1 atom stereocenters. The van der Waals surface area contributed by atoms with Gasteiger partial charge in [-0.05, 0) is 24.3 Å². The number of anilines is 1. The number of amides is 1. The maximum Gasteiger partial charge on any atom is 0.276 e. The molecule has 3 rings (SSSR count). The highest BCUT2D eigenvalue weighted by Gasteiger charge is 2.37. The lowest BCUT2D eigenvalue weighted by atomic mass is 10.2. The molecule has 0 fully saturated rings. The molecule has 0 bridgehead atoms. The molecule has 0 aromatic heterocycles. The van der Waals surface area contributed by atoms with Crippen molar-refractivity contribution < 1.29 is 9.18 Å². The third kappa shape index (κ3) is 1.85. The zero-order chi connectivity index (χ0) is 13.4. The lowest BCUT2D eigenvalue weighted by Crippen LogP contribution is -2.52. The van der Waals surface area contributed by atoms with Gasteiger partial charge in [-0.15, -0.1) is 0 Å². The zero-order valence-corrected chi connectivity index (χ0v) is 10.4. The van der Waals surface area contributed by atoms with Crippen LogP contribution < -0.4 is 10.3 Å². The summed E-state index contributed by atoms with van der Waals surface area (Å²) in [5.74, 6) is 0.365. The summed E-state index contributed by atoms with van der Waals surface area (Å²) >= 11 is 0. The van der Waals surface area contributed by atoms with E-state index in [4.69, 9.17) is 0 Å². The molecule has 0 aliphatic carbocycles. The average Bonchev–Trinajstić information content (AvgIpc) is 2.84. The Bertz CT molecular complexity index is 567. The molecule has 1 aromatic carbocycles. The molecule has 2 aliphatic rings. The number of nitrogens with zero attached hydrogens (tertiary/aromatic N) is 3. The predicted molar refractivity (Wildman–Crippen MR) is 69.5 cm³/mol. The highest BCUT2D eigenvalue weighted by Crippen LogP contribution is 2.23. The summed E-state index contributed by atoms with van der Waals surface area (Å²) in [5.41, 5.74) is 3.45. The van der Waals surface area contributed by atoms with Gasteiger partial charge in [-0.25, -0.2) is 4.39 Å². The molecule has 1 unspecified atom stereocenters. The Kier molecular flexibility index (Phi) is 2.70. The lowest BCUT2D eigenvalue weighted by molar-refractivity contribution is -0.122. The first-order valence-electron chi connectivity index (χ1n) is 6.08. The van der Waals surface area contributed by atoms with Crippen LogP contribution in [0.3, 0.4) is 0 Å². The SMILES string of the molecule is CCC1=NNC2C(=O)N(c3ccc(F)cc3)C=CN12. The van der Waals surface area contributed by atoms with Crippen LogP contribution in [0.4, 0.5) is 10.1 Å². The monoisotopic (exact) mass is 260 g/mol. The van der Waals surface area contributed by atoms with E-state index in [1.54, 1.807) is 24.5 Å². The number of carbonyl (C=O) groups excluding carboxylic acids is 1. The topological polar surface area (TPSA) is 47.9 Å². The largest absolute Gasteiger partial charge is 0.303 e. The molecular formula is C13H13FN4O. The third-order valence-corrected chi connectivity index (χ3v) is 3.16. The van der Waals surface area contributed by atoms with Crippen molar-refractivity contribution in [3.05, 3.63) is 42.5 Å². The number of nitrogens with one attached hydrogen (secondary N) is 1. The molecule has 2 aliphatic heterocycles. The maximum atomic E-state index is 12.9. The Morgan fingerprint density at radius 3 is 2.74 bits per heavy atom. The van der Waals surface area contributed by atoms with Gasteiger partial charge in [-0.2, -0.15) is 5.10 Å². The van der Waals surface area contributed by atoms with Gasteiger partial charge in [0.05, 0.1) is 0 Å². The summed E-state index contributed by atoms with van der Waals surface area (Å²) in [6.45, 7) is 1.98. The molecule has 1 N–H and O–H groups in total. The van der Waals surface area contributed by atoms with Crippen LogP contribution in [0, 0.1) is 5.82 Å². The van der Waals surface area contributed by atoms with Crippen molar-refractivity contribution in [1.29, 1.82) is 0 Å². The molecule has 5 nitrogen and oxygen atoms in total. The van der Waals surface area contributed by atoms with Gasteiger partial charge in [0.2, 0.25) is 6.17 Å². The summed E-state index contributed by atoms with van der Waals surface area (Å²) in [6, 6.07) is 5.81. The van der Waals surface area contributed by atoms with Crippen molar-refractivity contribution in [2.45, 2.75) is 19.5 Å². The van der Waals surface area contributed by atoms with Crippen molar-refractivity contribution >= 4 is 17.4 Å². The summed E-state index contributed by atoms with van der Waals surface area (Å²) in [5, 5.41) is 4.13. The summed E-state index contributed by atoms with van der Waals surface area (Å²) < 4.78 is 12.9. The number of hydrazone groups is 1. The average molecular weight is 260 g/mol. The minimum Gasteiger partial charge on any atom is -0.303 e. The number of hydrogen-bond donors (Lipinski definition) is 1. The molecule has 0 radical (unpaired) electrons. The van der Waals surface area contributed by atoms with Crippen LogP contribution in [0.15, 0.2) is 41.8 Å². The van der Waals surface area contributed by atoms with Gasteiger partial charge >= 0.3 is 0 Å². The second-order valence-electron chi connectivity index (χ2n) is 4.30. The quantitative estimate of drug-likeness (QED) is 0.878. The van der Waals surface area contributed by atoms with Crippen molar-refractivity contribution in [1.82, 2.24) is 10.3 Å². The highest BCUT2D eigenvalue weighted by molar-refractivity contribution is 6.03. The number of rotatable bonds is 2. The van der Waals surface area contributed by atoms with Gasteiger partial charge in [-0.1, -0.05) is 6.92 Å². The van der Waals surface area contributed by atoms with Gasteiger partial charge < -0.3 is 4.90 Å². The summed E-state index contributed by atoms with van der Waals surface area (Å²) in [6.07, 6.45) is 3.71. The second kappa shape index (κ2) is 4.38. The molecule has 1 amide bonds. The lowest BCUT2D eigenvalue weighted by Gasteiger charge is -2.32. The normalized spacial score (nSPS) is 21.3. The molecule has 98 valence electrons. The highest BCUT2D eigenvalue weighted by atomic mass is 19.1. The zero-order valence-electron chi connectivity index (χ0n) is 10.4. The van der Waals surface area contributed by atoms with Crippen LogP contribution in [-0.4, -0.2) is 22.8 Å². The van der Waals surface area contributed by atoms with E-state index in [0.717, 1.165) is 12.3 Å². The number of halogens is 1. The van der Waals surface area contributed by atoms with Crippen LogP contribution >= 0.6 is 0 Å². The number of amidine groups is 1. The Labute approximate surface area is 110 Å². The van der Waals surface area contributed by atoms with E-state index >= 15 is 0 Å². The molecule has 0 saturated carbocycles. The van der Waals surface area contributed by atoms with E-state index < -0.39 is 6.17 Å². The van der Waals surface area contributed by atoms with E-state index in [0.29, 0.717) is 5.69 Å². The minimum absolute atomic E-state index is 0.138. The van der Waals surface area contributed by atoms with Crippen molar-refractivity contribution in [3.8, 4) is 0 Å². The summed E-state index contributed by atoms with van der Waals surface area (Å²) in [7, 11) is 0. The smallest absolute Gasteiger partial charge is 0.276 e. The molecule has 1 aromatic rings. The molecule has 0 spiro atoms. The van der Waals surface area contributed by atoms with Crippen LogP contribution in [-0.2, 0) is 4.79 Å². The van der Waals surface area contributed by atoms with Crippen molar-refractivity contribution in [3.63, 3.8) is 0 Å². The van der Waals surface area contributed by atoms with E-state index in [9.17, 15) is 9.18 Å². The fourth-order valence-corrected chi connectivity index (χ4v) is 2.17. The van der Waals surface area contributed by atoms with E-state index in [1.807, 2.05) is 11.8 Å². The number of carbonyl (C=O) groups is 1. The molecule has 6 heteroatoms. The van der Waals surface area contributed by atoms with Crippen LogP contribution in [0.5, 0.6) is 0 Å².